The lowest BCUT2D eigenvalue weighted by Gasteiger charge is -2.55. The molecule has 1 N–H and O–H groups in total. The van der Waals surface area contributed by atoms with Crippen molar-refractivity contribution in [2.24, 2.45) is 29.1 Å². The van der Waals surface area contributed by atoms with Crippen LogP contribution in [-0.4, -0.2) is 16.5 Å². The first-order valence-corrected chi connectivity index (χ1v) is 9.32. The van der Waals surface area contributed by atoms with E-state index in [4.69, 9.17) is 6.42 Å². The normalized spacial score (nSPS) is 49.2. The molecule has 4 aliphatic rings. The van der Waals surface area contributed by atoms with Gasteiger partial charge >= 0.3 is 0 Å². The van der Waals surface area contributed by atoms with Gasteiger partial charge in [-0.2, -0.15) is 0 Å². The van der Waals surface area contributed by atoms with Gasteiger partial charge in [0, 0.05) is 18.3 Å². The first-order chi connectivity index (χ1) is 10.9. The van der Waals surface area contributed by atoms with Crippen molar-refractivity contribution in [1.82, 2.24) is 0 Å². The third-order valence-electron chi connectivity index (χ3n) is 7.93. The van der Waals surface area contributed by atoms with E-state index in [0.717, 1.165) is 44.9 Å². The quantitative estimate of drug-likeness (QED) is 0.544. The number of hydrogen-bond acceptors (Lipinski definition) is 2. The van der Waals surface area contributed by atoms with E-state index in [2.05, 4.69) is 19.8 Å². The van der Waals surface area contributed by atoms with Gasteiger partial charge in [0.05, 0.1) is 0 Å². The number of hydrogen-bond donors (Lipinski definition) is 1. The zero-order valence-electron chi connectivity index (χ0n) is 14.4. The van der Waals surface area contributed by atoms with Crippen molar-refractivity contribution >= 4 is 5.78 Å². The Bertz CT molecular complexity index is 624. The molecule has 4 rings (SSSR count). The summed E-state index contributed by atoms with van der Waals surface area (Å²) in [6.45, 7) is 4.60. The van der Waals surface area contributed by atoms with E-state index in [1.165, 1.54) is 5.57 Å². The fraction of sp³-hybridized carbons (Fsp3) is 0.762. The van der Waals surface area contributed by atoms with Crippen molar-refractivity contribution in [3.63, 3.8) is 0 Å². The van der Waals surface area contributed by atoms with Crippen LogP contribution in [0.4, 0.5) is 0 Å². The predicted molar refractivity (Wildman–Crippen MR) is 90.5 cm³/mol. The molecule has 0 aromatic heterocycles. The molecule has 2 heteroatoms. The molecular formula is C21H28O2. The SMILES string of the molecule is C#C[C@]1(O)CC[C@H]2[C@@H]3[C@H](C)CC4=C(CCC(=O)C4)[C@H]3CCC21C. The summed E-state index contributed by atoms with van der Waals surface area (Å²) in [5.74, 6) is 5.60. The molecule has 0 amide bonds. The summed E-state index contributed by atoms with van der Waals surface area (Å²) in [5.41, 5.74) is 2.04. The Balaban J connectivity index is 1.72. The van der Waals surface area contributed by atoms with E-state index in [0.29, 0.717) is 35.9 Å². The van der Waals surface area contributed by atoms with Gasteiger partial charge in [-0.3, -0.25) is 4.79 Å². The molecule has 124 valence electrons. The fourth-order valence-electron chi connectivity index (χ4n) is 6.72. The highest BCUT2D eigenvalue weighted by Gasteiger charge is 2.62. The van der Waals surface area contributed by atoms with Crippen LogP contribution in [0.25, 0.3) is 0 Å². The van der Waals surface area contributed by atoms with Crippen molar-refractivity contribution in [1.29, 1.82) is 0 Å². The van der Waals surface area contributed by atoms with Crippen molar-refractivity contribution in [2.45, 2.75) is 70.8 Å². The Kier molecular flexibility index (Phi) is 3.34. The summed E-state index contributed by atoms with van der Waals surface area (Å²) >= 11 is 0. The van der Waals surface area contributed by atoms with Gasteiger partial charge < -0.3 is 5.11 Å². The van der Waals surface area contributed by atoms with Gasteiger partial charge in [0.2, 0.25) is 0 Å². The number of carbonyl (C=O) groups excluding carboxylic acids is 1. The molecule has 0 saturated heterocycles. The first kappa shape index (κ1) is 15.5. The van der Waals surface area contributed by atoms with Crippen LogP contribution in [0.5, 0.6) is 0 Å². The summed E-state index contributed by atoms with van der Waals surface area (Å²) in [4.78, 5) is 11.9. The van der Waals surface area contributed by atoms with Crippen LogP contribution in [0.2, 0.25) is 0 Å². The molecule has 0 radical (unpaired) electrons. The van der Waals surface area contributed by atoms with Crippen LogP contribution in [0.1, 0.15) is 65.2 Å². The Labute approximate surface area is 139 Å². The monoisotopic (exact) mass is 312 g/mol. The van der Waals surface area contributed by atoms with Crippen molar-refractivity contribution in [3.8, 4) is 12.3 Å². The molecule has 1 unspecified atom stereocenters. The molecule has 0 aromatic carbocycles. The Morgan fingerprint density at radius 1 is 1.26 bits per heavy atom. The molecule has 4 aliphatic carbocycles. The lowest BCUT2D eigenvalue weighted by molar-refractivity contribution is -0.119. The minimum atomic E-state index is -0.917. The molecule has 2 nitrogen and oxygen atoms in total. The minimum Gasteiger partial charge on any atom is -0.377 e. The van der Waals surface area contributed by atoms with E-state index in [1.807, 2.05) is 0 Å². The van der Waals surface area contributed by atoms with Gasteiger partial charge in [-0.15, -0.1) is 6.42 Å². The number of carbonyl (C=O) groups is 1. The fourth-order valence-corrected chi connectivity index (χ4v) is 6.72. The minimum absolute atomic E-state index is 0.125. The summed E-state index contributed by atoms with van der Waals surface area (Å²) in [6.07, 6.45) is 13.2. The van der Waals surface area contributed by atoms with Crippen LogP contribution in [-0.2, 0) is 4.79 Å². The zero-order chi connectivity index (χ0) is 16.4. The standard InChI is InChI=1S/C21H28O2/c1-4-21(23)10-8-18-19-13(2)11-14-12-15(22)5-6-16(14)17(19)7-9-20(18,21)3/h1,13,17-19,23H,5-12H2,2-3H3/t13-,17-,18+,19-,20?,21+/m1/s1. The van der Waals surface area contributed by atoms with Crippen LogP contribution in [0, 0.1) is 41.4 Å². The van der Waals surface area contributed by atoms with E-state index < -0.39 is 5.60 Å². The molecule has 2 saturated carbocycles. The van der Waals surface area contributed by atoms with E-state index in [1.54, 1.807) is 5.57 Å². The van der Waals surface area contributed by atoms with Gasteiger partial charge in [0.15, 0.2) is 0 Å². The molecule has 2 fully saturated rings. The van der Waals surface area contributed by atoms with Crippen LogP contribution in [0.15, 0.2) is 11.1 Å². The van der Waals surface area contributed by atoms with Crippen LogP contribution in [0.3, 0.4) is 0 Å². The van der Waals surface area contributed by atoms with Gasteiger partial charge in [0.25, 0.3) is 0 Å². The van der Waals surface area contributed by atoms with Crippen molar-refractivity contribution in [2.75, 3.05) is 0 Å². The highest BCUT2D eigenvalue weighted by molar-refractivity contribution is 5.82. The Morgan fingerprint density at radius 3 is 2.78 bits per heavy atom. The molecule has 23 heavy (non-hydrogen) atoms. The predicted octanol–water partition coefficient (Wildman–Crippen LogP) is 3.88. The maximum absolute atomic E-state index is 11.9. The number of fused-ring (bicyclic) bond motifs is 4. The molecule has 0 aliphatic heterocycles. The van der Waals surface area contributed by atoms with Crippen molar-refractivity contribution in [3.05, 3.63) is 11.1 Å². The van der Waals surface area contributed by atoms with Gasteiger partial charge in [-0.25, -0.2) is 0 Å². The third-order valence-corrected chi connectivity index (χ3v) is 7.93. The maximum atomic E-state index is 11.9. The Hall–Kier alpha value is -1.07. The number of allylic oxidation sites excluding steroid dienone is 2. The highest BCUT2D eigenvalue weighted by Crippen LogP contribution is 2.65. The summed E-state index contributed by atoms with van der Waals surface area (Å²) < 4.78 is 0. The second-order valence-electron chi connectivity index (χ2n) is 8.82. The number of terminal acetylenes is 1. The summed E-state index contributed by atoms with van der Waals surface area (Å²) in [5, 5.41) is 11.0. The molecule has 6 atom stereocenters. The van der Waals surface area contributed by atoms with E-state index >= 15 is 0 Å². The number of aliphatic hydroxyl groups is 1. The highest BCUT2D eigenvalue weighted by atomic mass is 16.3. The third kappa shape index (κ3) is 1.96. The van der Waals surface area contributed by atoms with Gasteiger partial charge in [-0.05, 0) is 62.2 Å². The smallest absolute Gasteiger partial charge is 0.137 e. The zero-order valence-corrected chi connectivity index (χ0v) is 14.4. The number of ketones is 1. The second kappa shape index (κ2) is 4.96. The summed E-state index contributed by atoms with van der Waals surface area (Å²) in [7, 11) is 0. The van der Waals surface area contributed by atoms with Gasteiger partial charge in [-0.1, -0.05) is 30.9 Å². The van der Waals surface area contributed by atoms with E-state index in [-0.39, 0.29) is 5.41 Å². The lowest BCUT2D eigenvalue weighted by atomic mass is 9.50. The molecular weight excluding hydrogens is 284 g/mol. The Morgan fingerprint density at radius 2 is 2.04 bits per heavy atom. The van der Waals surface area contributed by atoms with Crippen LogP contribution >= 0.6 is 0 Å². The number of Topliss-reactive ketones (excluding diaryl/α,β-unsaturated/α-hetero) is 1. The average molecular weight is 312 g/mol. The average Bonchev–Trinajstić information content (AvgIpc) is 2.79. The van der Waals surface area contributed by atoms with Crippen LogP contribution < -0.4 is 0 Å². The molecule has 0 bridgehead atoms. The van der Waals surface area contributed by atoms with Crippen molar-refractivity contribution < 1.29 is 9.90 Å². The topological polar surface area (TPSA) is 37.3 Å². The summed E-state index contributed by atoms with van der Waals surface area (Å²) in [6, 6.07) is 0. The largest absolute Gasteiger partial charge is 0.377 e. The van der Waals surface area contributed by atoms with E-state index in [9.17, 15) is 9.90 Å². The van der Waals surface area contributed by atoms with Gasteiger partial charge in [0.1, 0.15) is 11.4 Å². The second-order valence-corrected chi connectivity index (χ2v) is 8.82. The molecule has 0 spiro atoms. The number of rotatable bonds is 0. The lowest BCUT2D eigenvalue weighted by Crippen LogP contribution is -2.52. The molecule has 0 heterocycles. The molecule has 0 aromatic rings. The maximum Gasteiger partial charge on any atom is 0.137 e. The first-order valence-electron chi connectivity index (χ1n) is 9.32.